The van der Waals surface area contributed by atoms with Crippen molar-refractivity contribution in [2.75, 3.05) is 0 Å². The molecule has 0 aliphatic rings. The van der Waals surface area contributed by atoms with Crippen molar-refractivity contribution in [1.82, 2.24) is 0 Å². The molecule has 15 heavy (non-hydrogen) atoms. The van der Waals surface area contributed by atoms with Crippen molar-refractivity contribution in [3.05, 3.63) is 52.4 Å². The van der Waals surface area contributed by atoms with Crippen molar-refractivity contribution < 1.29 is 0 Å². The first-order chi connectivity index (χ1) is 7.36. The van der Waals surface area contributed by atoms with Crippen LogP contribution >= 0.6 is 0 Å². The predicted octanol–water partition coefficient (Wildman–Crippen LogP) is 3.65. The number of benzene rings is 2. The van der Waals surface area contributed by atoms with Crippen LogP contribution in [0.2, 0.25) is 0 Å². The third-order valence-electron chi connectivity index (χ3n) is 2.17. The second kappa shape index (κ2) is 3.70. The van der Waals surface area contributed by atoms with Crippen molar-refractivity contribution in [3.8, 4) is 6.07 Å². The summed E-state index contributed by atoms with van der Waals surface area (Å²) in [4.78, 5) is 2.75. The fourth-order valence-electron chi connectivity index (χ4n) is 1.52. The fraction of sp³-hybridized carbons (Fsp3) is 0. The Balaban J connectivity index is 2.90. The van der Waals surface area contributed by atoms with Gasteiger partial charge in [0.05, 0.1) is 11.6 Å². The summed E-state index contributed by atoms with van der Waals surface area (Å²) < 4.78 is 0. The van der Waals surface area contributed by atoms with Crippen LogP contribution in [0.4, 0.5) is 5.69 Å². The van der Waals surface area contributed by atoms with E-state index in [1.807, 2.05) is 24.3 Å². The molecule has 2 rings (SSSR count). The first kappa shape index (κ1) is 9.07. The number of fused-ring (bicyclic) bond motifs is 1. The van der Waals surface area contributed by atoms with Crippen molar-refractivity contribution >= 4 is 16.5 Å². The molecule has 0 saturated heterocycles. The van der Waals surface area contributed by atoms with Crippen LogP contribution < -0.4 is 0 Å². The molecule has 2 aromatic carbocycles. The summed E-state index contributed by atoms with van der Waals surface area (Å²) in [6, 6.07) is 12.8. The van der Waals surface area contributed by atoms with Gasteiger partial charge >= 0.3 is 0 Å². The molecule has 0 aliphatic heterocycles. The Morgan fingerprint density at radius 1 is 1.13 bits per heavy atom. The molecule has 0 saturated carbocycles. The Morgan fingerprint density at radius 2 is 1.87 bits per heavy atom. The van der Waals surface area contributed by atoms with Gasteiger partial charge in [-0.05, 0) is 22.4 Å². The summed E-state index contributed by atoms with van der Waals surface area (Å²) in [5, 5.41) is 14.1. The van der Waals surface area contributed by atoms with E-state index in [0.29, 0.717) is 11.3 Å². The molecule has 4 nitrogen and oxygen atoms in total. The van der Waals surface area contributed by atoms with Crippen LogP contribution in [0.25, 0.3) is 21.2 Å². The Morgan fingerprint density at radius 3 is 2.53 bits per heavy atom. The fourth-order valence-corrected chi connectivity index (χ4v) is 1.52. The van der Waals surface area contributed by atoms with Crippen LogP contribution in [0, 0.1) is 11.3 Å². The first-order valence-electron chi connectivity index (χ1n) is 4.34. The molecule has 0 unspecified atom stereocenters. The molecule has 0 bridgehead atoms. The number of hydrogen-bond acceptors (Lipinski definition) is 2. The minimum Gasteiger partial charge on any atom is -0.192 e. The van der Waals surface area contributed by atoms with Crippen LogP contribution in [-0.4, -0.2) is 0 Å². The zero-order chi connectivity index (χ0) is 10.7. The Bertz CT molecular complexity index is 604. The maximum Gasteiger partial charge on any atom is 0.0998 e. The molecular formula is C11H6N4. The van der Waals surface area contributed by atoms with Crippen LogP contribution in [0.1, 0.15) is 5.56 Å². The van der Waals surface area contributed by atoms with Gasteiger partial charge in [-0.1, -0.05) is 35.4 Å². The molecule has 0 aliphatic carbocycles. The lowest BCUT2D eigenvalue weighted by Crippen LogP contribution is -1.79. The van der Waals surface area contributed by atoms with Crippen LogP contribution in [0.5, 0.6) is 0 Å². The molecular weight excluding hydrogens is 188 g/mol. The Kier molecular flexibility index (Phi) is 2.24. The third kappa shape index (κ3) is 1.48. The van der Waals surface area contributed by atoms with Gasteiger partial charge in [0.2, 0.25) is 0 Å². The number of azide groups is 1. The standard InChI is InChI=1S/C11H6N4/c12-7-8-5-6-11(14-15-13)10-4-2-1-3-9(8)10/h1-6H. The van der Waals surface area contributed by atoms with Crippen molar-refractivity contribution in [1.29, 1.82) is 5.26 Å². The molecule has 0 heterocycles. The first-order valence-corrected chi connectivity index (χ1v) is 4.34. The van der Waals surface area contributed by atoms with Gasteiger partial charge < -0.3 is 0 Å². The monoisotopic (exact) mass is 194 g/mol. The molecule has 0 aromatic heterocycles. The molecule has 70 valence electrons. The highest BCUT2D eigenvalue weighted by atomic mass is 15.1. The summed E-state index contributed by atoms with van der Waals surface area (Å²) in [7, 11) is 0. The number of rotatable bonds is 1. The van der Waals surface area contributed by atoms with Gasteiger partial charge in [-0.25, -0.2) is 0 Å². The van der Waals surface area contributed by atoms with E-state index < -0.39 is 0 Å². The Hall–Kier alpha value is -2.50. The number of nitriles is 1. The maximum atomic E-state index is 8.90. The zero-order valence-corrected chi connectivity index (χ0v) is 7.75. The highest BCUT2D eigenvalue weighted by Gasteiger charge is 2.02. The highest BCUT2D eigenvalue weighted by Crippen LogP contribution is 2.28. The van der Waals surface area contributed by atoms with Gasteiger partial charge in [0.1, 0.15) is 0 Å². The smallest absolute Gasteiger partial charge is 0.0998 e. The molecule has 0 radical (unpaired) electrons. The van der Waals surface area contributed by atoms with Crippen LogP contribution in [0.3, 0.4) is 0 Å². The lowest BCUT2D eigenvalue weighted by molar-refractivity contribution is 1.48. The lowest BCUT2D eigenvalue weighted by atomic mass is 10.0. The summed E-state index contributed by atoms with van der Waals surface area (Å²) in [6.07, 6.45) is 0. The predicted molar refractivity (Wildman–Crippen MR) is 57.5 cm³/mol. The van der Waals surface area contributed by atoms with E-state index in [0.717, 1.165) is 10.8 Å². The van der Waals surface area contributed by atoms with Gasteiger partial charge in [-0.3, -0.25) is 0 Å². The summed E-state index contributed by atoms with van der Waals surface area (Å²) in [5.41, 5.74) is 9.53. The van der Waals surface area contributed by atoms with Gasteiger partial charge in [0.25, 0.3) is 0 Å². The molecule has 2 aromatic rings. The van der Waals surface area contributed by atoms with Gasteiger partial charge in [0.15, 0.2) is 0 Å². The molecule has 0 amide bonds. The van der Waals surface area contributed by atoms with E-state index >= 15 is 0 Å². The van der Waals surface area contributed by atoms with Gasteiger partial charge in [0, 0.05) is 10.6 Å². The van der Waals surface area contributed by atoms with Gasteiger partial charge in [-0.15, -0.1) is 0 Å². The van der Waals surface area contributed by atoms with Crippen LogP contribution in [0.15, 0.2) is 41.5 Å². The summed E-state index contributed by atoms with van der Waals surface area (Å²) in [6.45, 7) is 0. The van der Waals surface area contributed by atoms with E-state index in [2.05, 4.69) is 16.1 Å². The van der Waals surface area contributed by atoms with E-state index in [1.54, 1.807) is 12.1 Å². The van der Waals surface area contributed by atoms with Crippen molar-refractivity contribution in [3.63, 3.8) is 0 Å². The molecule has 0 atom stereocenters. The summed E-state index contributed by atoms with van der Waals surface area (Å²) in [5.74, 6) is 0. The largest absolute Gasteiger partial charge is 0.192 e. The average molecular weight is 194 g/mol. The highest BCUT2D eigenvalue weighted by molar-refractivity contribution is 5.96. The normalized spacial score (nSPS) is 9.27. The van der Waals surface area contributed by atoms with Gasteiger partial charge in [-0.2, -0.15) is 5.26 Å². The minimum atomic E-state index is 0.548. The van der Waals surface area contributed by atoms with E-state index in [4.69, 9.17) is 10.8 Å². The quantitative estimate of drug-likeness (QED) is 0.388. The zero-order valence-electron chi connectivity index (χ0n) is 7.75. The lowest BCUT2D eigenvalue weighted by Gasteiger charge is -2.02. The number of nitrogens with zero attached hydrogens (tertiary/aromatic N) is 4. The van der Waals surface area contributed by atoms with E-state index in [-0.39, 0.29) is 0 Å². The minimum absolute atomic E-state index is 0.548. The molecule has 0 fully saturated rings. The maximum absolute atomic E-state index is 8.90. The number of hydrogen-bond donors (Lipinski definition) is 0. The average Bonchev–Trinajstić information content (AvgIpc) is 2.30. The van der Waals surface area contributed by atoms with E-state index in [9.17, 15) is 0 Å². The SMILES string of the molecule is N#Cc1ccc(N=[N+]=[N-])c2ccccc12. The second-order valence-electron chi connectivity index (χ2n) is 2.98. The molecule has 0 spiro atoms. The van der Waals surface area contributed by atoms with Crippen molar-refractivity contribution in [2.45, 2.75) is 0 Å². The molecule has 4 heteroatoms. The summed E-state index contributed by atoms with van der Waals surface area (Å²) >= 11 is 0. The van der Waals surface area contributed by atoms with Crippen molar-refractivity contribution in [2.24, 2.45) is 5.11 Å². The topological polar surface area (TPSA) is 72.5 Å². The van der Waals surface area contributed by atoms with Crippen LogP contribution in [-0.2, 0) is 0 Å². The van der Waals surface area contributed by atoms with E-state index in [1.165, 1.54) is 0 Å². The Labute approximate surface area is 86.0 Å². The third-order valence-corrected chi connectivity index (χ3v) is 2.17. The second-order valence-corrected chi connectivity index (χ2v) is 2.98. The molecule has 0 N–H and O–H groups in total.